The van der Waals surface area contributed by atoms with E-state index in [0.29, 0.717) is 10.4 Å². The van der Waals surface area contributed by atoms with Crippen molar-refractivity contribution in [3.8, 4) is 0 Å². The van der Waals surface area contributed by atoms with E-state index in [9.17, 15) is 15.0 Å². The van der Waals surface area contributed by atoms with Crippen molar-refractivity contribution in [2.45, 2.75) is 11.0 Å². The van der Waals surface area contributed by atoms with Crippen LogP contribution in [0.4, 0.5) is 0 Å². The fraction of sp³-hybridized carbons (Fsp3) is 0.231. The van der Waals surface area contributed by atoms with E-state index < -0.39 is 12.1 Å². The van der Waals surface area contributed by atoms with Crippen molar-refractivity contribution in [3.05, 3.63) is 36.0 Å². The summed E-state index contributed by atoms with van der Waals surface area (Å²) in [5.74, 6) is -0.829. The summed E-state index contributed by atoms with van der Waals surface area (Å²) < 4.78 is 0. The molecule has 0 radical (unpaired) electrons. The van der Waals surface area contributed by atoms with Gasteiger partial charge in [-0.3, -0.25) is 4.98 Å². The summed E-state index contributed by atoms with van der Waals surface area (Å²) in [7, 11) is 0. The second-order valence-corrected chi connectivity index (χ2v) is 5.00. The number of hydrogen-bond donors (Lipinski definition) is 3. The first kappa shape index (κ1) is 13.8. The van der Waals surface area contributed by atoms with Crippen LogP contribution in [0.1, 0.15) is 10.4 Å². The van der Waals surface area contributed by atoms with E-state index in [-0.39, 0.29) is 17.9 Å². The number of para-hydroxylation sites is 1. The number of pyridine rings is 1. The summed E-state index contributed by atoms with van der Waals surface area (Å²) in [6.07, 6.45) is 0.441. The number of nitrogens with zero attached hydrogens (tertiary/aromatic N) is 1. The Morgan fingerprint density at radius 3 is 2.79 bits per heavy atom. The molecule has 0 saturated carbocycles. The van der Waals surface area contributed by atoms with Gasteiger partial charge in [-0.2, -0.15) is 0 Å². The van der Waals surface area contributed by atoms with Gasteiger partial charge in [-0.05, 0) is 6.07 Å². The molecule has 0 aliphatic rings. The van der Waals surface area contributed by atoms with E-state index in [4.69, 9.17) is 5.11 Å². The van der Waals surface area contributed by atoms with Crippen LogP contribution in [0.25, 0.3) is 10.9 Å². The molecule has 1 heterocycles. The maximum absolute atomic E-state index is 11.2. The van der Waals surface area contributed by atoms with Gasteiger partial charge in [0, 0.05) is 22.2 Å². The van der Waals surface area contributed by atoms with Crippen LogP contribution in [0, 0.1) is 0 Å². The number of benzene rings is 1. The van der Waals surface area contributed by atoms with Gasteiger partial charge in [0.25, 0.3) is 0 Å². The average Bonchev–Trinajstić information content (AvgIpc) is 2.43. The molecule has 0 saturated heterocycles. The third-order valence-electron chi connectivity index (χ3n) is 2.59. The van der Waals surface area contributed by atoms with Gasteiger partial charge in [0.05, 0.1) is 23.8 Å². The van der Waals surface area contributed by atoms with Crippen LogP contribution >= 0.6 is 11.8 Å². The Kier molecular flexibility index (Phi) is 4.36. The molecule has 0 amide bonds. The zero-order chi connectivity index (χ0) is 13.8. The molecule has 2 aromatic rings. The van der Waals surface area contributed by atoms with Crippen molar-refractivity contribution >= 4 is 28.6 Å². The number of fused-ring (bicyclic) bond motifs is 1. The molecule has 0 aliphatic heterocycles. The smallest absolute Gasteiger partial charge is 0.338 e. The molecule has 0 spiro atoms. The van der Waals surface area contributed by atoms with E-state index in [2.05, 4.69) is 4.98 Å². The maximum atomic E-state index is 11.2. The number of rotatable bonds is 5. The van der Waals surface area contributed by atoms with Gasteiger partial charge in [0.1, 0.15) is 0 Å². The van der Waals surface area contributed by atoms with E-state index in [1.807, 2.05) is 12.1 Å². The van der Waals surface area contributed by atoms with Gasteiger partial charge in [-0.25, -0.2) is 4.79 Å². The van der Waals surface area contributed by atoms with Gasteiger partial charge < -0.3 is 15.3 Å². The van der Waals surface area contributed by atoms with Gasteiger partial charge in [0.2, 0.25) is 0 Å². The third-order valence-corrected chi connectivity index (χ3v) is 3.87. The van der Waals surface area contributed by atoms with E-state index >= 15 is 0 Å². The first-order valence-electron chi connectivity index (χ1n) is 5.66. The second kappa shape index (κ2) is 6.01. The Balaban J connectivity index is 2.46. The summed E-state index contributed by atoms with van der Waals surface area (Å²) in [4.78, 5) is 15.9. The monoisotopic (exact) mass is 279 g/mol. The van der Waals surface area contributed by atoms with Crippen LogP contribution in [0.3, 0.4) is 0 Å². The number of aliphatic hydroxyl groups excluding tert-OH is 2. The number of thioether (sulfide) groups is 1. The highest BCUT2D eigenvalue weighted by Gasteiger charge is 2.16. The van der Waals surface area contributed by atoms with Crippen LogP contribution < -0.4 is 0 Å². The molecule has 1 aromatic heterocycles. The number of carboxylic acids is 1. The lowest BCUT2D eigenvalue weighted by Crippen LogP contribution is -2.15. The highest BCUT2D eigenvalue weighted by atomic mass is 32.2. The Morgan fingerprint density at radius 2 is 2.11 bits per heavy atom. The molecular formula is C13H13NO4S. The van der Waals surface area contributed by atoms with Gasteiger partial charge in [-0.15, -0.1) is 11.8 Å². The number of hydrogen-bond acceptors (Lipinski definition) is 5. The Hall–Kier alpha value is -1.63. The van der Waals surface area contributed by atoms with Crippen LogP contribution in [0.2, 0.25) is 0 Å². The van der Waals surface area contributed by atoms with Gasteiger partial charge in [-0.1, -0.05) is 18.2 Å². The number of aliphatic hydroxyl groups is 2. The maximum Gasteiger partial charge on any atom is 0.338 e. The molecule has 6 heteroatoms. The summed E-state index contributed by atoms with van der Waals surface area (Å²) >= 11 is 1.21. The molecule has 3 N–H and O–H groups in total. The predicted molar refractivity (Wildman–Crippen MR) is 72.5 cm³/mol. The Labute approximate surface area is 113 Å². The zero-order valence-electron chi connectivity index (χ0n) is 9.98. The number of aromatic nitrogens is 1. The summed E-state index contributed by atoms with van der Waals surface area (Å²) in [6.45, 7) is -0.349. The molecule has 0 fully saturated rings. The zero-order valence-corrected chi connectivity index (χ0v) is 10.8. The van der Waals surface area contributed by atoms with Crippen molar-refractivity contribution < 1.29 is 20.1 Å². The molecule has 1 aromatic carbocycles. The Bertz CT molecular complexity index is 602. The highest BCUT2D eigenvalue weighted by molar-refractivity contribution is 7.99. The van der Waals surface area contributed by atoms with Crippen molar-refractivity contribution in [1.29, 1.82) is 0 Å². The van der Waals surface area contributed by atoms with Gasteiger partial charge >= 0.3 is 5.97 Å². The van der Waals surface area contributed by atoms with Crippen LogP contribution in [0.15, 0.2) is 35.4 Å². The van der Waals surface area contributed by atoms with E-state index in [1.165, 1.54) is 18.0 Å². The number of aromatic carboxylic acids is 1. The largest absolute Gasteiger partial charge is 0.478 e. The minimum absolute atomic E-state index is 0.105. The molecule has 0 aliphatic carbocycles. The number of carboxylic acid groups (broad SMARTS) is 1. The normalized spacial score (nSPS) is 12.5. The van der Waals surface area contributed by atoms with Crippen LogP contribution in [0.5, 0.6) is 0 Å². The van der Waals surface area contributed by atoms with Crippen molar-refractivity contribution in [2.75, 3.05) is 12.4 Å². The lowest BCUT2D eigenvalue weighted by molar-refractivity contribution is 0.0693. The first-order valence-corrected chi connectivity index (χ1v) is 6.64. The van der Waals surface area contributed by atoms with Crippen molar-refractivity contribution in [1.82, 2.24) is 4.98 Å². The fourth-order valence-electron chi connectivity index (χ4n) is 1.66. The first-order chi connectivity index (χ1) is 9.13. The molecule has 0 bridgehead atoms. The van der Waals surface area contributed by atoms with Crippen molar-refractivity contribution in [2.24, 2.45) is 0 Å². The highest BCUT2D eigenvalue weighted by Crippen LogP contribution is 2.30. The molecule has 100 valence electrons. The topological polar surface area (TPSA) is 90.7 Å². The Morgan fingerprint density at radius 1 is 1.37 bits per heavy atom. The summed E-state index contributed by atoms with van der Waals surface area (Å²) in [5.41, 5.74) is 0.808. The molecule has 19 heavy (non-hydrogen) atoms. The minimum Gasteiger partial charge on any atom is -0.478 e. The second-order valence-electron chi connectivity index (χ2n) is 3.97. The van der Waals surface area contributed by atoms with Crippen LogP contribution in [-0.2, 0) is 0 Å². The fourth-order valence-corrected chi connectivity index (χ4v) is 2.74. The van der Waals surface area contributed by atoms with Gasteiger partial charge in [0.15, 0.2) is 0 Å². The molecular weight excluding hydrogens is 266 g/mol. The average molecular weight is 279 g/mol. The van der Waals surface area contributed by atoms with Crippen molar-refractivity contribution in [3.63, 3.8) is 0 Å². The number of carbonyl (C=O) groups is 1. The van der Waals surface area contributed by atoms with E-state index in [1.54, 1.807) is 12.1 Å². The third kappa shape index (κ3) is 3.04. The lowest BCUT2D eigenvalue weighted by Gasteiger charge is -2.11. The quantitative estimate of drug-likeness (QED) is 0.716. The standard InChI is InChI=1S/C13H13NO4S/c15-6-8(16)7-19-12-9-3-1-2-4-11(9)14-5-10(12)13(17)18/h1-5,8,15-16H,6-7H2,(H,17,18). The lowest BCUT2D eigenvalue weighted by atomic mass is 10.1. The minimum atomic E-state index is -1.06. The molecule has 1 atom stereocenters. The molecule has 5 nitrogen and oxygen atoms in total. The molecule has 2 rings (SSSR count). The predicted octanol–water partition coefficient (Wildman–Crippen LogP) is 1.38. The SMILES string of the molecule is O=C(O)c1cnc2ccccc2c1SCC(O)CO. The summed E-state index contributed by atoms with van der Waals surface area (Å²) in [6, 6.07) is 7.23. The van der Waals surface area contributed by atoms with E-state index in [0.717, 1.165) is 5.39 Å². The summed E-state index contributed by atoms with van der Waals surface area (Å²) in [5, 5.41) is 28.1. The van der Waals surface area contributed by atoms with Crippen LogP contribution in [-0.4, -0.2) is 44.7 Å². The molecule has 1 unspecified atom stereocenters.